The number of aromatic hydroxyl groups is 2. The average Bonchev–Trinajstić information content (AvgIpc) is 2.51. The van der Waals surface area contributed by atoms with Crippen molar-refractivity contribution in [3.8, 4) is 22.6 Å². The molecule has 116 valence electrons. The van der Waals surface area contributed by atoms with E-state index in [4.69, 9.17) is 4.74 Å². The Morgan fingerprint density at radius 2 is 1.86 bits per heavy atom. The third-order valence-corrected chi connectivity index (χ3v) is 4.85. The van der Waals surface area contributed by atoms with Gasteiger partial charge in [-0.05, 0) is 73.1 Å². The number of benzene rings is 2. The Hall–Kier alpha value is -2.00. The van der Waals surface area contributed by atoms with Gasteiger partial charge in [0.25, 0.3) is 0 Å². The van der Waals surface area contributed by atoms with Gasteiger partial charge in [-0.2, -0.15) is 0 Å². The van der Waals surface area contributed by atoms with Crippen molar-refractivity contribution in [2.75, 3.05) is 7.11 Å². The number of fused-ring (bicyclic) bond motifs is 3. The van der Waals surface area contributed by atoms with Crippen molar-refractivity contribution in [1.29, 1.82) is 0 Å². The molecule has 0 aromatic heterocycles. The quantitative estimate of drug-likeness (QED) is 0.874. The largest absolute Gasteiger partial charge is 0.508 e. The van der Waals surface area contributed by atoms with Gasteiger partial charge in [0.05, 0.1) is 6.10 Å². The van der Waals surface area contributed by atoms with Crippen LogP contribution in [0.1, 0.15) is 40.8 Å². The van der Waals surface area contributed by atoms with Crippen molar-refractivity contribution in [3.05, 3.63) is 46.0 Å². The van der Waals surface area contributed by atoms with Crippen LogP contribution in [0.2, 0.25) is 0 Å². The van der Waals surface area contributed by atoms with E-state index in [2.05, 4.69) is 6.07 Å². The van der Waals surface area contributed by atoms with E-state index in [1.807, 2.05) is 26.8 Å². The van der Waals surface area contributed by atoms with Crippen LogP contribution in [-0.4, -0.2) is 17.3 Å². The summed E-state index contributed by atoms with van der Waals surface area (Å²) in [7, 11) is 1.66. The highest BCUT2D eigenvalue weighted by Gasteiger charge is 2.27. The minimum absolute atomic E-state index is 0.186. The second kappa shape index (κ2) is 5.33. The molecule has 3 nitrogen and oxygen atoms in total. The molecule has 1 unspecified atom stereocenters. The monoisotopic (exact) mass is 298 g/mol. The van der Waals surface area contributed by atoms with E-state index >= 15 is 0 Å². The van der Waals surface area contributed by atoms with Crippen LogP contribution in [0.5, 0.6) is 11.5 Å². The minimum atomic E-state index is -0.186. The molecule has 0 radical (unpaired) electrons. The Kier molecular flexibility index (Phi) is 3.61. The molecule has 2 N–H and O–H groups in total. The van der Waals surface area contributed by atoms with Gasteiger partial charge in [-0.15, -0.1) is 0 Å². The summed E-state index contributed by atoms with van der Waals surface area (Å²) < 4.78 is 5.50. The Labute approximate surface area is 131 Å². The number of hydrogen-bond acceptors (Lipinski definition) is 3. The van der Waals surface area contributed by atoms with Gasteiger partial charge in [-0.3, -0.25) is 0 Å². The molecule has 1 atom stereocenters. The van der Waals surface area contributed by atoms with E-state index in [0.29, 0.717) is 11.5 Å². The van der Waals surface area contributed by atoms with Crippen LogP contribution < -0.4 is 0 Å². The van der Waals surface area contributed by atoms with E-state index in [1.54, 1.807) is 13.2 Å². The molecule has 2 aromatic carbocycles. The first-order valence-electron chi connectivity index (χ1n) is 7.65. The van der Waals surface area contributed by atoms with Crippen LogP contribution in [0, 0.1) is 13.8 Å². The number of rotatable bonds is 2. The van der Waals surface area contributed by atoms with E-state index in [0.717, 1.165) is 40.7 Å². The Morgan fingerprint density at radius 1 is 1.14 bits per heavy atom. The van der Waals surface area contributed by atoms with Gasteiger partial charge >= 0.3 is 0 Å². The second-order valence-electron chi connectivity index (χ2n) is 6.10. The van der Waals surface area contributed by atoms with E-state index < -0.39 is 0 Å². The molecule has 0 heterocycles. The molecule has 0 spiro atoms. The fourth-order valence-electron chi connectivity index (χ4n) is 3.50. The first-order chi connectivity index (χ1) is 10.5. The zero-order valence-corrected chi connectivity index (χ0v) is 13.5. The Bertz CT molecular complexity index is 747. The van der Waals surface area contributed by atoms with E-state index in [1.165, 1.54) is 11.1 Å². The van der Waals surface area contributed by atoms with Gasteiger partial charge in [0.1, 0.15) is 11.5 Å². The summed E-state index contributed by atoms with van der Waals surface area (Å²) >= 11 is 0. The zero-order chi connectivity index (χ0) is 16.0. The maximum Gasteiger partial charge on any atom is 0.124 e. The lowest BCUT2D eigenvalue weighted by Crippen LogP contribution is -2.11. The van der Waals surface area contributed by atoms with Crippen molar-refractivity contribution >= 4 is 0 Å². The standard InChI is InChI=1S/C19H22O3/c1-10-9-13-5-6-14-11(2)16(20)8-7-15(14)18(13)17(19(10)21)12(3)22-4/h7-9,12,20-21H,5-6H2,1-4H3. The molecule has 0 saturated carbocycles. The molecular formula is C19H22O3. The molecule has 3 rings (SSSR count). The van der Waals surface area contributed by atoms with Gasteiger partial charge in [0.2, 0.25) is 0 Å². The number of ether oxygens (including phenoxy) is 1. The Balaban J connectivity index is 2.36. The smallest absolute Gasteiger partial charge is 0.124 e. The van der Waals surface area contributed by atoms with Crippen molar-refractivity contribution in [2.24, 2.45) is 0 Å². The summed E-state index contributed by atoms with van der Waals surface area (Å²) in [6, 6.07) is 5.76. The van der Waals surface area contributed by atoms with E-state index in [9.17, 15) is 10.2 Å². The molecular weight excluding hydrogens is 276 g/mol. The fourth-order valence-corrected chi connectivity index (χ4v) is 3.50. The van der Waals surface area contributed by atoms with E-state index in [-0.39, 0.29) is 6.10 Å². The topological polar surface area (TPSA) is 49.7 Å². The minimum Gasteiger partial charge on any atom is -0.508 e. The van der Waals surface area contributed by atoms with Crippen molar-refractivity contribution in [2.45, 2.75) is 39.7 Å². The highest BCUT2D eigenvalue weighted by Crippen LogP contribution is 2.46. The predicted molar refractivity (Wildman–Crippen MR) is 87.5 cm³/mol. The summed E-state index contributed by atoms with van der Waals surface area (Å²) in [4.78, 5) is 0. The number of hydrogen-bond donors (Lipinski definition) is 2. The normalized spacial score (nSPS) is 14.4. The van der Waals surface area contributed by atoms with Gasteiger partial charge in [0.15, 0.2) is 0 Å². The summed E-state index contributed by atoms with van der Waals surface area (Å²) in [6.07, 6.45) is 1.64. The summed E-state index contributed by atoms with van der Waals surface area (Å²) in [5.74, 6) is 0.645. The van der Waals surface area contributed by atoms with Gasteiger partial charge in [-0.25, -0.2) is 0 Å². The molecule has 0 amide bonds. The summed E-state index contributed by atoms with van der Waals surface area (Å²) in [6.45, 7) is 5.84. The lowest BCUT2D eigenvalue weighted by atomic mass is 9.79. The molecule has 3 heteroatoms. The highest BCUT2D eigenvalue weighted by molar-refractivity contribution is 5.81. The van der Waals surface area contributed by atoms with Crippen LogP contribution in [0.15, 0.2) is 18.2 Å². The molecule has 22 heavy (non-hydrogen) atoms. The first kappa shape index (κ1) is 14.9. The number of aryl methyl sites for hydroxylation is 2. The lowest BCUT2D eigenvalue weighted by molar-refractivity contribution is 0.117. The molecule has 0 aliphatic heterocycles. The van der Waals surface area contributed by atoms with Crippen LogP contribution >= 0.6 is 0 Å². The van der Waals surface area contributed by atoms with Crippen LogP contribution in [0.4, 0.5) is 0 Å². The third-order valence-electron chi connectivity index (χ3n) is 4.85. The van der Waals surface area contributed by atoms with Gasteiger partial charge < -0.3 is 14.9 Å². The SMILES string of the molecule is COC(C)c1c(O)c(C)cc2c1-c1ccc(O)c(C)c1CC2. The molecule has 0 saturated heterocycles. The second-order valence-corrected chi connectivity index (χ2v) is 6.10. The van der Waals surface area contributed by atoms with Gasteiger partial charge in [-0.1, -0.05) is 12.1 Å². The molecule has 0 fully saturated rings. The zero-order valence-electron chi connectivity index (χ0n) is 13.5. The highest BCUT2D eigenvalue weighted by atomic mass is 16.5. The van der Waals surface area contributed by atoms with Crippen LogP contribution in [-0.2, 0) is 17.6 Å². The molecule has 1 aliphatic rings. The van der Waals surface area contributed by atoms with Crippen molar-refractivity contribution in [1.82, 2.24) is 0 Å². The van der Waals surface area contributed by atoms with Crippen molar-refractivity contribution in [3.63, 3.8) is 0 Å². The number of phenolic OH excluding ortho intramolecular Hbond substituents is 2. The lowest BCUT2D eigenvalue weighted by Gasteiger charge is -2.28. The molecule has 2 aromatic rings. The molecule has 1 aliphatic carbocycles. The van der Waals surface area contributed by atoms with Gasteiger partial charge in [0, 0.05) is 12.7 Å². The Morgan fingerprint density at radius 3 is 2.55 bits per heavy atom. The fraction of sp³-hybridized carbons (Fsp3) is 0.368. The van der Waals surface area contributed by atoms with Crippen LogP contribution in [0.25, 0.3) is 11.1 Å². The maximum atomic E-state index is 10.6. The average molecular weight is 298 g/mol. The first-order valence-corrected chi connectivity index (χ1v) is 7.65. The predicted octanol–water partition coefficient (Wildman–Crippen LogP) is 4.19. The van der Waals surface area contributed by atoms with Crippen LogP contribution in [0.3, 0.4) is 0 Å². The summed E-state index contributed by atoms with van der Waals surface area (Å²) in [5, 5.41) is 20.5. The van der Waals surface area contributed by atoms with Crippen molar-refractivity contribution < 1.29 is 14.9 Å². The summed E-state index contributed by atoms with van der Waals surface area (Å²) in [5.41, 5.74) is 7.25. The maximum absolute atomic E-state index is 10.6. The number of methoxy groups -OCH3 is 1. The number of phenols is 2. The molecule has 0 bridgehead atoms. The third kappa shape index (κ3) is 2.08.